The van der Waals surface area contributed by atoms with Crippen LogP contribution in [0.3, 0.4) is 0 Å². The molecule has 1 saturated heterocycles. The molecule has 4 saturated carbocycles. The Morgan fingerprint density at radius 3 is 2.22 bits per heavy atom. The number of rotatable bonds is 9. The van der Waals surface area contributed by atoms with Crippen molar-refractivity contribution >= 4 is 17.8 Å². The Bertz CT molecular complexity index is 1100. The van der Waals surface area contributed by atoms with Crippen molar-refractivity contribution in [3.8, 4) is 0 Å². The summed E-state index contributed by atoms with van der Waals surface area (Å²) in [6.07, 6.45) is -1.41. The van der Waals surface area contributed by atoms with Crippen molar-refractivity contribution in [3.63, 3.8) is 0 Å². The van der Waals surface area contributed by atoms with Crippen molar-refractivity contribution in [3.05, 3.63) is 0 Å². The van der Waals surface area contributed by atoms with Gasteiger partial charge in [-0.2, -0.15) is 0 Å². The van der Waals surface area contributed by atoms with Crippen LogP contribution < -0.4 is 74.6 Å². The fourth-order valence-electron chi connectivity index (χ4n) is 10.4. The third-order valence-electron chi connectivity index (χ3n) is 12.8. The fourth-order valence-corrected chi connectivity index (χ4v) is 10.4. The summed E-state index contributed by atoms with van der Waals surface area (Å²) in [4.78, 5) is 34.2. The average Bonchev–Trinajstić information content (AvgIpc) is 3.32. The second kappa shape index (κ2) is 16.0. The molecule has 5 aliphatic rings. The molecule has 5 fully saturated rings. The molecule has 1 amide bonds. The third-order valence-corrected chi connectivity index (χ3v) is 12.8. The molecule has 0 bridgehead atoms. The van der Waals surface area contributed by atoms with E-state index in [1.54, 1.807) is 0 Å². The molecule has 1 heterocycles. The maximum absolute atomic E-state index is 12.1. The van der Waals surface area contributed by atoms with Crippen LogP contribution in [0.4, 0.5) is 0 Å². The molecule has 0 unspecified atom stereocenters. The van der Waals surface area contributed by atoms with Crippen LogP contribution in [0.2, 0.25) is 0 Å². The minimum Gasteiger partial charge on any atom is -0.548 e. The van der Waals surface area contributed by atoms with Gasteiger partial charge in [0, 0.05) is 6.42 Å². The number of carboxylic acids is 2. The molecule has 0 spiro atoms. The number of ether oxygens (including phenoxy) is 2. The van der Waals surface area contributed by atoms with E-state index in [-0.39, 0.29) is 100 Å². The Morgan fingerprint density at radius 1 is 0.913 bits per heavy atom. The van der Waals surface area contributed by atoms with E-state index in [1.807, 2.05) is 0 Å². The molecular formula is C32H49NNa2O11. The number of carboxylic acid groups (broad SMARTS) is 2. The van der Waals surface area contributed by atoms with Gasteiger partial charge in [-0.15, -0.1) is 0 Å². The summed E-state index contributed by atoms with van der Waals surface area (Å²) in [6.45, 7) is 6.41. The summed E-state index contributed by atoms with van der Waals surface area (Å²) in [7, 11) is 0. The van der Waals surface area contributed by atoms with Crippen LogP contribution in [0.15, 0.2) is 0 Å². The van der Waals surface area contributed by atoms with Crippen molar-refractivity contribution in [2.45, 2.75) is 128 Å². The first-order valence-electron chi connectivity index (χ1n) is 16.4. The Hall–Kier alpha value is 0.170. The molecule has 1 aliphatic heterocycles. The normalized spacial score (nSPS) is 45.5. The van der Waals surface area contributed by atoms with Gasteiger partial charge in [0.25, 0.3) is 0 Å². The first-order valence-corrected chi connectivity index (χ1v) is 16.4. The molecule has 5 rings (SSSR count). The fraction of sp³-hybridized carbons (Fsp3) is 0.906. The van der Waals surface area contributed by atoms with Gasteiger partial charge in [-0.25, -0.2) is 0 Å². The van der Waals surface area contributed by atoms with E-state index in [1.165, 1.54) is 0 Å². The van der Waals surface area contributed by atoms with Gasteiger partial charge in [-0.1, -0.05) is 20.8 Å². The van der Waals surface area contributed by atoms with Crippen LogP contribution in [0.1, 0.15) is 85.0 Å². The van der Waals surface area contributed by atoms with Crippen LogP contribution in [0, 0.1) is 46.3 Å². The molecule has 5 N–H and O–H groups in total. The maximum atomic E-state index is 12.1. The van der Waals surface area contributed by atoms with E-state index in [2.05, 4.69) is 26.1 Å². The van der Waals surface area contributed by atoms with E-state index in [9.17, 15) is 45.0 Å². The number of aliphatic hydroxyl groups is 4. The summed E-state index contributed by atoms with van der Waals surface area (Å²) in [6, 6.07) is 0. The molecule has 250 valence electrons. The number of nitrogens with one attached hydrogen (secondary N) is 1. The number of hydrogen-bond donors (Lipinski definition) is 5. The molecule has 15 atom stereocenters. The molecule has 0 radical (unpaired) electrons. The molecule has 46 heavy (non-hydrogen) atoms. The molecule has 12 nitrogen and oxygen atoms in total. The second-order valence-corrected chi connectivity index (χ2v) is 14.9. The van der Waals surface area contributed by atoms with Gasteiger partial charge in [-0.3, -0.25) is 4.79 Å². The molecule has 0 aromatic carbocycles. The van der Waals surface area contributed by atoms with Crippen LogP contribution in [0.5, 0.6) is 0 Å². The van der Waals surface area contributed by atoms with Crippen molar-refractivity contribution < 1.29 is 114 Å². The largest absolute Gasteiger partial charge is 1.00 e. The van der Waals surface area contributed by atoms with E-state index in [4.69, 9.17) is 9.47 Å². The number of carbonyl (C=O) groups excluding carboxylic acids is 3. The number of hydrogen-bond acceptors (Lipinski definition) is 11. The smallest absolute Gasteiger partial charge is 0.548 e. The number of fused-ring (bicyclic) bond motifs is 5. The zero-order chi connectivity index (χ0) is 32.1. The Balaban J connectivity index is 0.00000288. The summed E-state index contributed by atoms with van der Waals surface area (Å²) in [5.74, 6) is -1.50. The Kier molecular flexibility index (Phi) is 14.1. The number of carbonyl (C=O) groups is 3. The van der Waals surface area contributed by atoms with Crippen molar-refractivity contribution in [2.75, 3.05) is 6.54 Å². The van der Waals surface area contributed by atoms with Gasteiger partial charge in [0.05, 0.1) is 30.7 Å². The minimum atomic E-state index is -1.83. The van der Waals surface area contributed by atoms with Gasteiger partial charge in [0.1, 0.15) is 24.4 Å². The van der Waals surface area contributed by atoms with Gasteiger partial charge in [-0.05, 0) is 104 Å². The van der Waals surface area contributed by atoms with E-state index < -0.39 is 55.3 Å². The Labute approximate surface area is 315 Å². The first-order chi connectivity index (χ1) is 20.7. The van der Waals surface area contributed by atoms with E-state index in [0.29, 0.717) is 49.4 Å². The first kappa shape index (κ1) is 40.6. The summed E-state index contributed by atoms with van der Waals surface area (Å²) in [5.41, 5.74) is 0.0447. The summed E-state index contributed by atoms with van der Waals surface area (Å²) in [5, 5.41) is 66.7. The zero-order valence-corrected chi connectivity index (χ0v) is 31.9. The predicted octanol–water partition coefficient (Wildman–Crippen LogP) is -7.15. The van der Waals surface area contributed by atoms with E-state index in [0.717, 1.165) is 32.1 Å². The molecule has 0 aromatic rings. The van der Waals surface area contributed by atoms with Crippen LogP contribution >= 0.6 is 0 Å². The number of aliphatic hydroxyl groups excluding tert-OH is 4. The molecule has 14 heteroatoms. The van der Waals surface area contributed by atoms with Crippen LogP contribution in [-0.4, -0.2) is 87.7 Å². The van der Waals surface area contributed by atoms with Crippen molar-refractivity contribution in [2.24, 2.45) is 46.3 Å². The molecular weight excluding hydrogens is 620 g/mol. The van der Waals surface area contributed by atoms with E-state index >= 15 is 0 Å². The van der Waals surface area contributed by atoms with Crippen LogP contribution in [-0.2, 0) is 23.9 Å². The Morgan fingerprint density at radius 2 is 1.57 bits per heavy atom. The standard InChI is InChI=1S/C32H51NO11.2Na/c1-15(4-7-22(35)33-14-23(36)37)18-5-6-19-24-20(9-11-32(18,19)3)31(2)10-8-17(12-16(31)13-21(24)34)43-30-27(40)25(38)26(39)28(44-30)29(41)42;;/h15-21,24-28,30,34,38-40H,4-14H2,1-3H3,(H,33,35)(H,36,37)(H,41,42);;/q;2*+1/p-2/t15-,16+,17-,18-,19+,20+,21-,24+,25+,26+,27-,28+,30-,31+,32-;;/m1../s1. The van der Waals surface area contributed by atoms with Gasteiger partial charge in [0.15, 0.2) is 6.29 Å². The molecule has 4 aliphatic carbocycles. The van der Waals surface area contributed by atoms with Crippen molar-refractivity contribution in [1.29, 1.82) is 0 Å². The van der Waals surface area contributed by atoms with Crippen molar-refractivity contribution in [1.82, 2.24) is 5.32 Å². The average molecular weight is 670 g/mol. The zero-order valence-electron chi connectivity index (χ0n) is 27.9. The molecule has 0 aromatic heterocycles. The number of aliphatic carboxylic acids is 2. The quantitative estimate of drug-likeness (QED) is 0.115. The second-order valence-electron chi connectivity index (χ2n) is 14.9. The topological polar surface area (TPSA) is 209 Å². The van der Waals surface area contributed by atoms with Gasteiger partial charge in [0.2, 0.25) is 5.91 Å². The number of amides is 1. The maximum Gasteiger partial charge on any atom is 1.00 e. The van der Waals surface area contributed by atoms with Gasteiger partial charge < -0.3 is 55.0 Å². The van der Waals surface area contributed by atoms with Gasteiger partial charge >= 0.3 is 59.1 Å². The summed E-state index contributed by atoms with van der Waals surface area (Å²) < 4.78 is 11.3. The SMILES string of the molecule is C[C@H](CCC(=O)NCC(=O)[O-])[C@H]1CC[C@H]2[C@@H]3[C@H](O)C[C@@H]4C[C@H](O[C@@H]5O[C@H](C(=O)[O-])[C@@H](O)[C@H](O)[C@H]5O)CC[C@]4(C)[C@H]3CC[C@]12C.[Na+].[Na+]. The predicted molar refractivity (Wildman–Crippen MR) is 150 cm³/mol. The monoisotopic (exact) mass is 669 g/mol. The van der Waals surface area contributed by atoms with Crippen LogP contribution in [0.25, 0.3) is 0 Å². The minimum absolute atomic E-state index is 0. The summed E-state index contributed by atoms with van der Waals surface area (Å²) >= 11 is 0. The third kappa shape index (κ3) is 7.73.